The van der Waals surface area contributed by atoms with E-state index in [0.29, 0.717) is 23.2 Å². The average Bonchev–Trinajstić information content (AvgIpc) is 3.27. The zero-order valence-corrected chi connectivity index (χ0v) is 22.3. The summed E-state index contributed by atoms with van der Waals surface area (Å²) in [5.41, 5.74) is 6.77. The first-order chi connectivity index (χ1) is 17.4. The first kappa shape index (κ1) is 25.4. The maximum Gasteiger partial charge on any atom is 0.173 e. The van der Waals surface area contributed by atoms with E-state index < -0.39 is 0 Å². The van der Waals surface area contributed by atoms with Crippen LogP contribution in [0.5, 0.6) is 17.2 Å². The molecular weight excluding hydrogens is 470 g/mol. The van der Waals surface area contributed by atoms with Gasteiger partial charge in [-0.1, -0.05) is 12.1 Å². The molecule has 36 heavy (non-hydrogen) atoms. The van der Waals surface area contributed by atoms with E-state index in [4.69, 9.17) is 26.4 Å². The fourth-order valence-electron chi connectivity index (χ4n) is 4.45. The number of ether oxygens (including phenoxy) is 3. The van der Waals surface area contributed by atoms with Crippen molar-refractivity contribution < 1.29 is 14.2 Å². The zero-order chi connectivity index (χ0) is 25.7. The number of aromatic amines is 1. The number of fused-ring (bicyclic) bond motifs is 1. The van der Waals surface area contributed by atoms with Crippen LogP contribution in [0.15, 0.2) is 60.8 Å². The molecule has 0 atom stereocenters. The summed E-state index contributed by atoms with van der Waals surface area (Å²) in [6.07, 6.45) is 2.88. The van der Waals surface area contributed by atoms with Crippen LogP contribution in [0.2, 0.25) is 0 Å². The summed E-state index contributed by atoms with van der Waals surface area (Å²) in [6, 6.07) is 18.4. The fourth-order valence-corrected chi connectivity index (χ4v) is 4.72. The molecular formula is C29H33N3O3S. The van der Waals surface area contributed by atoms with Crippen molar-refractivity contribution in [1.82, 2.24) is 9.88 Å². The minimum atomic E-state index is 0.628. The summed E-state index contributed by atoms with van der Waals surface area (Å²) in [4.78, 5) is 5.56. The van der Waals surface area contributed by atoms with Crippen molar-refractivity contribution in [3.63, 3.8) is 0 Å². The van der Waals surface area contributed by atoms with Gasteiger partial charge in [0.2, 0.25) is 0 Å². The van der Waals surface area contributed by atoms with E-state index in [1.54, 1.807) is 21.3 Å². The van der Waals surface area contributed by atoms with Gasteiger partial charge in [-0.25, -0.2) is 0 Å². The van der Waals surface area contributed by atoms with E-state index >= 15 is 0 Å². The number of rotatable bonds is 9. The first-order valence-electron chi connectivity index (χ1n) is 11.9. The Kier molecular flexibility index (Phi) is 8.00. The van der Waals surface area contributed by atoms with Crippen molar-refractivity contribution in [2.75, 3.05) is 33.2 Å². The Balaban J connectivity index is 1.59. The maximum absolute atomic E-state index is 5.91. The van der Waals surface area contributed by atoms with Crippen molar-refractivity contribution >= 4 is 33.9 Å². The highest BCUT2D eigenvalue weighted by Gasteiger charge is 2.15. The molecule has 0 amide bonds. The molecule has 188 valence electrons. The smallest absolute Gasteiger partial charge is 0.173 e. The molecule has 1 heterocycles. The van der Waals surface area contributed by atoms with Crippen LogP contribution >= 0.6 is 12.2 Å². The Labute approximate surface area is 218 Å². The number of benzene rings is 3. The Hall–Kier alpha value is -3.71. The van der Waals surface area contributed by atoms with Crippen LogP contribution in [0.1, 0.15) is 22.3 Å². The van der Waals surface area contributed by atoms with E-state index in [9.17, 15) is 0 Å². The highest BCUT2D eigenvalue weighted by molar-refractivity contribution is 7.80. The largest absolute Gasteiger partial charge is 0.497 e. The maximum atomic E-state index is 5.91. The zero-order valence-electron chi connectivity index (χ0n) is 21.5. The molecule has 2 N–H and O–H groups in total. The topological polar surface area (TPSA) is 58.8 Å². The second-order valence-corrected chi connectivity index (χ2v) is 9.28. The number of methoxy groups -OCH3 is 3. The van der Waals surface area contributed by atoms with Crippen LogP contribution < -0.4 is 19.5 Å². The lowest BCUT2D eigenvalue weighted by Crippen LogP contribution is -2.36. The van der Waals surface area contributed by atoms with Gasteiger partial charge < -0.3 is 29.4 Å². The van der Waals surface area contributed by atoms with Crippen LogP contribution in [-0.4, -0.2) is 42.9 Å². The molecule has 0 saturated carbocycles. The molecule has 0 radical (unpaired) electrons. The molecule has 0 aliphatic carbocycles. The summed E-state index contributed by atoms with van der Waals surface area (Å²) in [6.45, 7) is 5.54. The Morgan fingerprint density at radius 3 is 2.33 bits per heavy atom. The van der Waals surface area contributed by atoms with Gasteiger partial charge in [0.25, 0.3) is 0 Å². The van der Waals surface area contributed by atoms with E-state index in [1.165, 1.54) is 16.7 Å². The number of H-pyrrole nitrogens is 1. The molecule has 1 aromatic heterocycles. The monoisotopic (exact) mass is 503 g/mol. The van der Waals surface area contributed by atoms with Crippen molar-refractivity contribution in [2.24, 2.45) is 0 Å². The average molecular weight is 504 g/mol. The first-order valence-corrected chi connectivity index (χ1v) is 12.3. The summed E-state index contributed by atoms with van der Waals surface area (Å²) >= 11 is 5.91. The van der Waals surface area contributed by atoms with Crippen LogP contribution in [0.3, 0.4) is 0 Å². The lowest BCUT2D eigenvalue weighted by atomic mass is 10.1. The predicted molar refractivity (Wildman–Crippen MR) is 151 cm³/mol. The Morgan fingerprint density at radius 2 is 1.64 bits per heavy atom. The molecule has 0 unspecified atom stereocenters. The summed E-state index contributed by atoms with van der Waals surface area (Å²) in [5, 5.41) is 5.29. The van der Waals surface area contributed by atoms with Gasteiger partial charge in [0.15, 0.2) is 16.6 Å². The van der Waals surface area contributed by atoms with Crippen LogP contribution in [0.4, 0.5) is 5.69 Å². The third-order valence-corrected chi connectivity index (χ3v) is 6.57. The quantitative estimate of drug-likeness (QED) is 0.263. The minimum absolute atomic E-state index is 0.628. The summed E-state index contributed by atoms with van der Waals surface area (Å²) in [7, 11) is 4.98. The van der Waals surface area contributed by atoms with E-state index in [0.717, 1.165) is 40.9 Å². The number of nitrogens with one attached hydrogen (secondary N) is 2. The van der Waals surface area contributed by atoms with Gasteiger partial charge >= 0.3 is 0 Å². The van der Waals surface area contributed by atoms with E-state index in [2.05, 4.69) is 59.5 Å². The lowest BCUT2D eigenvalue weighted by Gasteiger charge is -2.27. The Bertz CT molecular complexity index is 1350. The molecule has 7 heteroatoms. The van der Waals surface area contributed by atoms with Crippen molar-refractivity contribution in [3.05, 3.63) is 83.0 Å². The number of aryl methyl sites for hydroxylation is 2. The van der Waals surface area contributed by atoms with Crippen LogP contribution in [-0.2, 0) is 13.0 Å². The van der Waals surface area contributed by atoms with Crippen molar-refractivity contribution in [1.29, 1.82) is 0 Å². The summed E-state index contributed by atoms with van der Waals surface area (Å²) < 4.78 is 16.4. The molecule has 0 bridgehead atoms. The van der Waals surface area contributed by atoms with Crippen molar-refractivity contribution in [2.45, 2.75) is 26.8 Å². The normalized spacial score (nSPS) is 10.8. The number of aromatic nitrogens is 1. The molecule has 0 aliphatic heterocycles. The highest BCUT2D eigenvalue weighted by Crippen LogP contribution is 2.29. The molecule has 0 spiro atoms. The number of hydrogen-bond acceptors (Lipinski definition) is 4. The number of nitrogens with zero attached hydrogens (tertiary/aromatic N) is 1. The fraction of sp³-hybridized carbons (Fsp3) is 0.276. The van der Waals surface area contributed by atoms with Gasteiger partial charge in [-0.2, -0.15) is 0 Å². The van der Waals surface area contributed by atoms with Gasteiger partial charge in [0.05, 0.1) is 21.3 Å². The van der Waals surface area contributed by atoms with Crippen LogP contribution in [0, 0.1) is 13.8 Å². The molecule has 4 aromatic rings. The third kappa shape index (κ3) is 5.91. The molecule has 3 aromatic carbocycles. The third-order valence-electron chi connectivity index (χ3n) is 6.21. The highest BCUT2D eigenvalue weighted by atomic mass is 32.1. The molecule has 4 rings (SSSR count). The van der Waals surface area contributed by atoms with E-state index in [-0.39, 0.29) is 0 Å². The van der Waals surface area contributed by atoms with Gasteiger partial charge in [-0.05, 0) is 97.2 Å². The Morgan fingerprint density at radius 1 is 0.889 bits per heavy atom. The molecule has 0 fully saturated rings. The number of hydrogen-bond donors (Lipinski definition) is 2. The minimum Gasteiger partial charge on any atom is -0.497 e. The number of anilines is 1. The molecule has 6 nitrogen and oxygen atoms in total. The molecule has 0 aliphatic rings. The second-order valence-electron chi connectivity index (χ2n) is 8.89. The second kappa shape index (κ2) is 11.4. The van der Waals surface area contributed by atoms with Crippen molar-refractivity contribution in [3.8, 4) is 17.2 Å². The van der Waals surface area contributed by atoms with Gasteiger partial charge in [-0.3, -0.25) is 0 Å². The SMILES string of the molecule is COc1ccc2[nH]cc(CCN(Cc3ccc(OC)c(OC)c3)C(=S)Nc3cc(C)cc(C)c3)c2c1. The lowest BCUT2D eigenvalue weighted by molar-refractivity contribution is 0.353. The van der Waals surface area contributed by atoms with Gasteiger partial charge in [-0.15, -0.1) is 0 Å². The summed E-state index contributed by atoms with van der Waals surface area (Å²) in [5.74, 6) is 2.25. The number of thiocarbonyl (C=S) groups is 1. The van der Waals surface area contributed by atoms with Crippen LogP contribution in [0.25, 0.3) is 10.9 Å². The standard InChI is InChI=1S/C29H33N3O3S/c1-19-12-20(2)14-23(13-19)31-29(36)32(18-21-6-9-27(34-4)28(15-21)35-5)11-10-22-17-30-26-8-7-24(33-3)16-25(22)26/h6-9,12-17,30H,10-11,18H2,1-5H3,(H,31,36). The molecule has 0 saturated heterocycles. The van der Waals surface area contributed by atoms with E-state index in [1.807, 2.05) is 30.3 Å². The predicted octanol–water partition coefficient (Wildman–Crippen LogP) is 6.25. The van der Waals surface area contributed by atoms with Gasteiger partial charge in [0, 0.05) is 35.9 Å². The van der Waals surface area contributed by atoms with Gasteiger partial charge in [0.1, 0.15) is 5.75 Å².